The van der Waals surface area contributed by atoms with Crippen molar-refractivity contribution in [2.24, 2.45) is 4.99 Å². The van der Waals surface area contributed by atoms with Gasteiger partial charge in [0.25, 0.3) is 0 Å². The molecule has 1 nitrogen and oxygen atoms in total. The van der Waals surface area contributed by atoms with Crippen molar-refractivity contribution in [3.05, 3.63) is 10.6 Å². The molecule has 0 rings (SSSR count). The van der Waals surface area contributed by atoms with Crippen molar-refractivity contribution in [2.45, 2.75) is 0 Å². The molecule has 0 saturated carbocycles. The van der Waals surface area contributed by atoms with Crippen molar-refractivity contribution < 1.29 is 0 Å². The lowest BCUT2D eigenvalue weighted by Gasteiger charge is -1.76. The number of hydrogen-bond donors (Lipinski definition) is 0. The molecule has 0 aromatic rings. The standard InChI is InChI=1S/C4H3Cl2NS/c5-4(6)1-2-7-3-8/h1H,2H2. The highest BCUT2D eigenvalue weighted by Crippen LogP contribution is 2.04. The number of halogens is 2. The summed E-state index contributed by atoms with van der Waals surface area (Å²) >= 11 is 14.7. The summed E-state index contributed by atoms with van der Waals surface area (Å²) in [6.45, 7) is 0.409. The molecule has 4 heteroatoms. The van der Waals surface area contributed by atoms with Crippen LogP contribution in [0.15, 0.2) is 15.6 Å². The molecule has 0 aromatic heterocycles. The number of rotatable bonds is 2. The van der Waals surface area contributed by atoms with E-state index < -0.39 is 0 Å². The van der Waals surface area contributed by atoms with Gasteiger partial charge in [0.15, 0.2) is 0 Å². The molecule has 0 aliphatic rings. The number of nitrogens with zero attached hydrogens (tertiary/aromatic N) is 1. The Morgan fingerprint density at radius 3 is 2.75 bits per heavy atom. The number of hydrogen-bond acceptors (Lipinski definition) is 2. The molecule has 0 unspecified atom stereocenters. The molecule has 0 heterocycles. The van der Waals surface area contributed by atoms with Gasteiger partial charge in [-0.25, -0.2) is 4.99 Å². The van der Waals surface area contributed by atoms with E-state index in [2.05, 4.69) is 22.4 Å². The maximum Gasteiger partial charge on any atom is 0.104 e. The molecular weight excluding hydrogens is 165 g/mol. The Balaban J connectivity index is 3.44. The minimum absolute atomic E-state index is 0.207. The van der Waals surface area contributed by atoms with E-state index in [-0.39, 0.29) is 4.49 Å². The van der Waals surface area contributed by atoms with Gasteiger partial charge in [-0.1, -0.05) is 23.2 Å². The predicted molar refractivity (Wildman–Crippen MR) is 39.7 cm³/mol. The van der Waals surface area contributed by atoms with E-state index >= 15 is 0 Å². The van der Waals surface area contributed by atoms with Crippen molar-refractivity contribution in [1.82, 2.24) is 0 Å². The summed E-state index contributed by atoms with van der Waals surface area (Å²) in [4.78, 5) is 3.53. The van der Waals surface area contributed by atoms with Crippen LogP contribution in [-0.4, -0.2) is 11.7 Å². The largest absolute Gasteiger partial charge is 0.228 e. The van der Waals surface area contributed by atoms with E-state index in [9.17, 15) is 0 Å². The van der Waals surface area contributed by atoms with Gasteiger partial charge in [0.1, 0.15) is 4.49 Å². The zero-order chi connectivity index (χ0) is 6.41. The topological polar surface area (TPSA) is 12.4 Å². The first-order chi connectivity index (χ1) is 3.77. The molecule has 0 fully saturated rings. The summed E-state index contributed by atoms with van der Waals surface area (Å²) in [6.07, 6.45) is 1.53. The normalized spacial score (nSPS) is 7.25. The van der Waals surface area contributed by atoms with Crippen molar-refractivity contribution >= 4 is 40.6 Å². The summed E-state index contributed by atoms with van der Waals surface area (Å²) in [7, 11) is 0. The van der Waals surface area contributed by atoms with Crippen LogP contribution in [0.5, 0.6) is 0 Å². The molecule has 0 bridgehead atoms. The molecular formula is C4H3Cl2NS. The molecule has 0 amide bonds. The van der Waals surface area contributed by atoms with Gasteiger partial charge < -0.3 is 0 Å². The van der Waals surface area contributed by atoms with Crippen molar-refractivity contribution in [3.8, 4) is 0 Å². The Labute approximate surface area is 63.0 Å². The van der Waals surface area contributed by atoms with Gasteiger partial charge in [-0.05, 0) is 18.3 Å². The second-order valence-corrected chi connectivity index (χ2v) is 2.12. The molecule has 0 N–H and O–H groups in total. The molecule has 0 atom stereocenters. The number of thiocarbonyl (C=S) groups is 1. The van der Waals surface area contributed by atoms with E-state index in [0.29, 0.717) is 6.54 Å². The summed E-state index contributed by atoms with van der Waals surface area (Å²) in [6, 6.07) is 0. The van der Waals surface area contributed by atoms with Gasteiger partial charge in [-0.15, -0.1) is 0 Å². The van der Waals surface area contributed by atoms with E-state index in [0.717, 1.165) is 0 Å². The fourth-order valence-electron chi connectivity index (χ4n) is 0.152. The van der Waals surface area contributed by atoms with Crippen LogP contribution in [0.1, 0.15) is 0 Å². The highest BCUT2D eigenvalue weighted by molar-refractivity contribution is 7.78. The molecule has 0 radical (unpaired) electrons. The average Bonchev–Trinajstić information content (AvgIpc) is 1.66. The molecule has 0 saturated heterocycles. The fourth-order valence-corrected chi connectivity index (χ4v) is 0.364. The van der Waals surface area contributed by atoms with Crippen LogP contribution in [0.25, 0.3) is 0 Å². The molecule has 44 valence electrons. The zero-order valence-electron chi connectivity index (χ0n) is 3.90. The number of isothiocyanates is 1. The molecule has 0 aromatic carbocycles. The predicted octanol–water partition coefficient (Wildman–Crippen LogP) is 2.41. The molecule has 0 aliphatic heterocycles. The third-order valence-corrected chi connectivity index (χ3v) is 0.839. The van der Waals surface area contributed by atoms with Crippen molar-refractivity contribution in [2.75, 3.05) is 6.54 Å². The van der Waals surface area contributed by atoms with Gasteiger partial charge in [0, 0.05) is 0 Å². The summed E-state index contributed by atoms with van der Waals surface area (Å²) in [5.74, 6) is 0. The molecule has 8 heavy (non-hydrogen) atoms. The Hall–Kier alpha value is 0.120. The van der Waals surface area contributed by atoms with Crippen molar-refractivity contribution in [3.63, 3.8) is 0 Å². The van der Waals surface area contributed by atoms with Crippen LogP contribution < -0.4 is 0 Å². The first-order valence-electron chi connectivity index (χ1n) is 1.82. The van der Waals surface area contributed by atoms with Crippen molar-refractivity contribution in [1.29, 1.82) is 0 Å². The lowest BCUT2D eigenvalue weighted by Crippen LogP contribution is -1.67. The average molecular weight is 168 g/mol. The second-order valence-electron chi connectivity index (χ2n) is 0.926. The number of aliphatic imine (C=N–C) groups is 1. The minimum atomic E-state index is 0.207. The summed E-state index contributed by atoms with van der Waals surface area (Å²) in [5, 5.41) is 2.17. The third-order valence-electron chi connectivity index (χ3n) is 0.401. The second kappa shape index (κ2) is 5.26. The van der Waals surface area contributed by atoms with Gasteiger partial charge in [-0.2, -0.15) is 0 Å². The van der Waals surface area contributed by atoms with Crippen LogP contribution in [-0.2, 0) is 0 Å². The van der Waals surface area contributed by atoms with Gasteiger partial charge in [0.2, 0.25) is 0 Å². The highest BCUT2D eigenvalue weighted by Gasteiger charge is 1.77. The van der Waals surface area contributed by atoms with Gasteiger partial charge in [-0.3, -0.25) is 0 Å². The van der Waals surface area contributed by atoms with Crippen LogP contribution in [0.2, 0.25) is 0 Å². The monoisotopic (exact) mass is 167 g/mol. The molecule has 0 aliphatic carbocycles. The maximum atomic E-state index is 5.22. The first kappa shape index (κ1) is 8.12. The smallest absolute Gasteiger partial charge is 0.104 e. The minimum Gasteiger partial charge on any atom is -0.228 e. The van der Waals surface area contributed by atoms with E-state index in [1.807, 2.05) is 0 Å². The van der Waals surface area contributed by atoms with Crippen LogP contribution in [0.4, 0.5) is 0 Å². The Morgan fingerprint density at radius 1 is 1.75 bits per heavy atom. The molecule has 0 spiro atoms. The van der Waals surface area contributed by atoms with Crippen LogP contribution in [0.3, 0.4) is 0 Å². The van der Waals surface area contributed by atoms with Gasteiger partial charge in [0.05, 0.1) is 11.7 Å². The van der Waals surface area contributed by atoms with E-state index in [1.165, 1.54) is 6.08 Å². The summed E-state index contributed by atoms with van der Waals surface area (Å²) < 4.78 is 0.207. The Bertz CT molecular complexity index is 133. The van der Waals surface area contributed by atoms with E-state index in [4.69, 9.17) is 23.2 Å². The van der Waals surface area contributed by atoms with Gasteiger partial charge >= 0.3 is 0 Å². The van der Waals surface area contributed by atoms with E-state index in [1.54, 1.807) is 0 Å². The quantitative estimate of drug-likeness (QED) is 0.455. The van der Waals surface area contributed by atoms with Crippen LogP contribution in [0, 0.1) is 0 Å². The lowest BCUT2D eigenvalue weighted by atomic mass is 10.6. The maximum absolute atomic E-state index is 5.22. The summed E-state index contributed by atoms with van der Waals surface area (Å²) in [5.41, 5.74) is 0. The Morgan fingerprint density at radius 2 is 2.38 bits per heavy atom. The SMILES string of the molecule is S=C=NCC=C(Cl)Cl. The zero-order valence-corrected chi connectivity index (χ0v) is 6.22. The Kier molecular flexibility index (Phi) is 5.34. The lowest BCUT2D eigenvalue weighted by molar-refractivity contribution is 1.27. The fraction of sp³-hybridized carbons (Fsp3) is 0.250. The third kappa shape index (κ3) is 6.12. The first-order valence-corrected chi connectivity index (χ1v) is 2.98. The van der Waals surface area contributed by atoms with Crippen LogP contribution >= 0.6 is 35.4 Å². The highest BCUT2D eigenvalue weighted by atomic mass is 35.5.